The molecule has 1 heterocycles. The summed E-state index contributed by atoms with van der Waals surface area (Å²) in [5.41, 5.74) is 1.19. The Bertz CT molecular complexity index is 481. The number of alkyl halides is 1. The van der Waals surface area contributed by atoms with E-state index in [0.717, 1.165) is 10.6 Å². The maximum Gasteiger partial charge on any atom is 0.280 e. The monoisotopic (exact) mass is 273 g/mol. The molecule has 1 aromatic heterocycles. The standard InChI is InChI=1S/C11H9Cl2NOS/c1-7-2-4-8(5-3-7)15-11-14-10(13)9(6-12)16-11/h2-5H,6H2,1H3. The number of halogens is 2. The predicted molar refractivity (Wildman–Crippen MR) is 67.9 cm³/mol. The number of hydrogen-bond donors (Lipinski definition) is 0. The second-order valence-corrected chi connectivity index (χ2v) is 4.91. The van der Waals surface area contributed by atoms with E-state index in [9.17, 15) is 0 Å². The fraction of sp³-hybridized carbons (Fsp3) is 0.182. The minimum atomic E-state index is 0.355. The number of aromatic nitrogens is 1. The van der Waals surface area contributed by atoms with Crippen LogP contribution in [0.1, 0.15) is 10.4 Å². The number of aryl methyl sites for hydroxylation is 1. The molecule has 5 heteroatoms. The first-order chi connectivity index (χ1) is 7.69. The fourth-order valence-electron chi connectivity index (χ4n) is 1.15. The molecule has 0 aliphatic carbocycles. The van der Waals surface area contributed by atoms with E-state index < -0.39 is 0 Å². The second-order valence-electron chi connectivity index (χ2n) is 3.24. The third-order valence-electron chi connectivity index (χ3n) is 1.98. The fourth-order valence-corrected chi connectivity index (χ4v) is 2.48. The van der Waals surface area contributed by atoms with Crippen LogP contribution in [0.3, 0.4) is 0 Å². The van der Waals surface area contributed by atoms with Gasteiger partial charge in [0.15, 0.2) is 0 Å². The van der Waals surface area contributed by atoms with E-state index in [1.54, 1.807) is 0 Å². The Balaban J connectivity index is 2.17. The zero-order chi connectivity index (χ0) is 11.5. The Hall–Kier alpha value is -0.770. The molecule has 0 radical (unpaired) electrons. The SMILES string of the molecule is Cc1ccc(Oc2nc(Cl)c(CCl)s2)cc1. The number of benzene rings is 1. The van der Waals surface area contributed by atoms with Gasteiger partial charge in [-0.2, -0.15) is 4.98 Å². The summed E-state index contributed by atoms with van der Waals surface area (Å²) < 4.78 is 5.56. The first kappa shape index (κ1) is 11.7. The summed E-state index contributed by atoms with van der Waals surface area (Å²) in [6.45, 7) is 2.02. The van der Waals surface area contributed by atoms with Gasteiger partial charge in [0.2, 0.25) is 0 Å². The van der Waals surface area contributed by atoms with Crippen molar-refractivity contribution in [2.24, 2.45) is 0 Å². The number of nitrogens with zero attached hydrogens (tertiary/aromatic N) is 1. The van der Waals surface area contributed by atoms with Crippen molar-refractivity contribution in [3.05, 3.63) is 39.9 Å². The molecule has 1 aromatic carbocycles. The zero-order valence-corrected chi connectivity index (χ0v) is 10.9. The molecule has 0 aliphatic rings. The summed E-state index contributed by atoms with van der Waals surface area (Å²) >= 11 is 12.9. The van der Waals surface area contributed by atoms with Crippen LogP contribution < -0.4 is 4.74 Å². The number of ether oxygens (including phenoxy) is 1. The van der Waals surface area contributed by atoms with E-state index in [-0.39, 0.29) is 0 Å². The van der Waals surface area contributed by atoms with Gasteiger partial charge in [-0.15, -0.1) is 11.6 Å². The molecule has 0 N–H and O–H groups in total. The van der Waals surface area contributed by atoms with Gasteiger partial charge in [0.1, 0.15) is 10.9 Å². The van der Waals surface area contributed by atoms with Crippen molar-refractivity contribution in [3.63, 3.8) is 0 Å². The van der Waals surface area contributed by atoms with Crippen molar-refractivity contribution >= 4 is 34.5 Å². The topological polar surface area (TPSA) is 22.1 Å². The molecule has 84 valence electrons. The molecule has 0 saturated carbocycles. The normalized spacial score (nSPS) is 10.4. The van der Waals surface area contributed by atoms with Gasteiger partial charge < -0.3 is 4.74 Å². The lowest BCUT2D eigenvalue weighted by Gasteiger charge is -2.00. The summed E-state index contributed by atoms with van der Waals surface area (Å²) in [5, 5.41) is 0.937. The molecule has 0 unspecified atom stereocenters. The van der Waals surface area contributed by atoms with E-state index in [1.807, 2.05) is 31.2 Å². The number of rotatable bonds is 3. The molecular weight excluding hydrogens is 265 g/mol. The van der Waals surface area contributed by atoms with Crippen LogP contribution in [0.5, 0.6) is 10.9 Å². The van der Waals surface area contributed by atoms with Crippen LogP contribution in [0, 0.1) is 6.92 Å². The molecule has 0 amide bonds. The molecule has 0 fully saturated rings. The van der Waals surface area contributed by atoms with E-state index in [1.165, 1.54) is 16.9 Å². The maximum absolute atomic E-state index is 5.87. The molecule has 16 heavy (non-hydrogen) atoms. The Morgan fingerprint density at radius 2 is 2.00 bits per heavy atom. The Morgan fingerprint density at radius 3 is 2.56 bits per heavy atom. The van der Waals surface area contributed by atoms with Gasteiger partial charge in [-0.25, -0.2) is 0 Å². The van der Waals surface area contributed by atoms with E-state index in [2.05, 4.69) is 4.98 Å². The highest BCUT2D eigenvalue weighted by Gasteiger charge is 2.09. The summed E-state index contributed by atoms with van der Waals surface area (Å²) in [6, 6.07) is 7.75. The highest BCUT2D eigenvalue weighted by molar-refractivity contribution is 7.14. The van der Waals surface area contributed by atoms with Gasteiger partial charge in [0.05, 0.1) is 10.8 Å². The van der Waals surface area contributed by atoms with Gasteiger partial charge in [-0.05, 0) is 19.1 Å². The van der Waals surface area contributed by atoms with E-state index >= 15 is 0 Å². The Morgan fingerprint density at radius 1 is 1.31 bits per heavy atom. The van der Waals surface area contributed by atoms with Crippen LogP contribution in [0.25, 0.3) is 0 Å². The molecule has 0 saturated heterocycles. The lowest BCUT2D eigenvalue weighted by atomic mass is 10.2. The first-order valence-electron chi connectivity index (χ1n) is 4.64. The van der Waals surface area contributed by atoms with Crippen LogP contribution >= 0.6 is 34.5 Å². The Kier molecular flexibility index (Phi) is 3.69. The quantitative estimate of drug-likeness (QED) is 0.761. The molecule has 2 aromatic rings. The minimum absolute atomic E-state index is 0.355. The smallest absolute Gasteiger partial charge is 0.280 e. The first-order valence-corrected chi connectivity index (χ1v) is 6.37. The summed E-state index contributed by atoms with van der Waals surface area (Å²) in [6.07, 6.45) is 0. The zero-order valence-electron chi connectivity index (χ0n) is 8.54. The van der Waals surface area contributed by atoms with E-state index in [0.29, 0.717) is 16.2 Å². The van der Waals surface area contributed by atoms with Crippen molar-refractivity contribution in [2.45, 2.75) is 12.8 Å². The Labute approximate surface area is 108 Å². The van der Waals surface area contributed by atoms with Crippen LogP contribution in [0.15, 0.2) is 24.3 Å². The second kappa shape index (κ2) is 5.04. The van der Waals surface area contributed by atoms with Crippen molar-refractivity contribution in [3.8, 4) is 10.9 Å². The van der Waals surface area contributed by atoms with Gasteiger partial charge in [-0.1, -0.05) is 40.6 Å². The molecule has 0 atom stereocenters. The van der Waals surface area contributed by atoms with Crippen LogP contribution in [0.2, 0.25) is 5.15 Å². The highest BCUT2D eigenvalue weighted by Crippen LogP contribution is 2.32. The molecule has 0 spiro atoms. The molecule has 0 aliphatic heterocycles. The van der Waals surface area contributed by atoms with Crippen LogP contribution in [-0.4, -0.2) is 4.98 Å². The van der Waals surface area contributed by atoms with Gasteiger partial charge in [-0.3, -0.25) is 0 Å². The summed E-state index contributed by atoms with van der Waals surface area (Å²) in [7, 11) is 0. The number of hydrogen-bond acceptors (Lipinski definition) is 3. The largest absolute Gasteiger partial charge is 0.431 e. The van der Waals surface area contributed by atoms with Crippen LogP contribution in [0.4, 0.5) is 0 Å². The van der Waals surface area contributed by atoms with Gasteiger partial charge in [0, 0.05) is 0 Å². The maximum atomic E-state index is 5.87. The average molecular weight is 274 g/mol. The van der Waals surface area contributed by atoms with E-state index in [4.69, 9.17) is 27.9 Å². The lowest BCUT2D eigenvalue weighted by Crippen LogP contribution is -1.82. The van der Waals surface area contributed by atoms with Crippen molar-refractivity contribution in [2.75, 3.05) is 0 Å². The highest BCUT2D eigenvalue weighted by atomic mass is 35.5. The minimum Gasteiger partial charge on any atom is -0.431 e. The molecule has 2 rings (SSSR count). The third kappa shape index (κ3) is 2.67. The van der Waals surface area contributed by atoms with Crippen molar-refractivity contribution in [1.82, 2.24) is 4.98 Å². The van der Waals surface area contributed by atoms with Gasteiger partial charge in [0.25, 0.3) is 5.19 Å². The molecule has 0 bridgehead atoms. The van der Waals surface area contributed by atoms with Crippen LogP contribution in [-0.2, 0) is 5.88 Å². The predicted octanol–water partition coefficient (Wildman–Crippen LogP) is 4.64. The number of thiazole rings is 1. The molecular formula is C11H9Cl2NOS. The average Bonchev–Trinajstić information content (AvgIpc) is 2.62. The summed E-state index contributed by atoms with van der Waals surface area (Å²) in [4.78, 5) is 4.90. The van der Waals surface area contributed by atoms with Crippen molar-refractivity contribution in [1.29, 1.82) is 0 Å². The lowest BCUT2D eigenvalue weighted by molar-refractivity contribution is 0.479. The van der Waals surface area contributed by atoms with Crippen molar-refractivity contribution < 1.29 is 4.74 Å². The van der Waals surface area contributed by atoms with Gasteiger partial charge >= 0.3 is 0 Å². The molecule has 2 nitrogen and oxygen atoms in total. The third-order valence-corrected chi connectivity index (χ3v) is 3.76. The summed E-state index contributed by atoms with van der Waals surface area (Å²) in [5.74, 6) is 1.10.